The molecule has 1 aliphatic rings. The largest absolute Gasteiger partial charge is 0.347 e. The first-order valence-electron chi connectivity index (χ1n) is 6.05. The molecule has 0 aliphatic carbocycles. The fourth-order valence-corrected chi connectivity index (χ4v) is 2.34. The summed E-state index contributed by atoms with van der Waals surface area (Å²) in [7, 11) is 0. The van der Waals surface area contributed by atoms with Crippen molar-refractivity contribution in [3.63, 3.8) is 0 Å². The van der Waals surface area contributed by atoms with E-state index in [0.717, 1.165) is 17.8 Å². The molecule has 0 radical (unpaired) electrons. The van der Waals surface area contributed by atoms with Crippen molar-refractivity contribution in [2.24, 2.45) is 0 Å². The highest BCUT2D eigenvalue weighted by Crippen LogP contribution is 2.18. The molecule has 19 heavy (non-hydrogen) atoms. The lowest BCUT2D eigenvalue weighted by Gasteiger charge is -2.26. The quantitative estimate of drug-likeness (QED) is 0.841. The van der Waals surface area contributed by atoms with Crippen molar-refractivity contribution in [2.75, 3.05) is 11.9 Å². The number of nitrogens with zero attached hydrogens (tertiary/aromatic N) is 2. The molecule has 0 fully saturated rings. The van der Waals surface area contributed by atoms with Gasteiger partial charge in [0.25, 0.3) is 0 Å². The van der Waals surface area contributed by atoms with Gasteiger partial charge in [-0.3, -0.25) is 0 Å². The molecular weight excluding hydrogens is 264 g/mol. The number of benzene rings is 1. The standard InChI is InChI=1S/C13H13ClN4O/c14-9-2-1-3-10(6-9)17-13(19)18-5-4-11-12(7-18)16-8-15-11/h1-3,6,8H,4-5,7H2,(H,15,16)(H,17,19). The summed E-state index contributed by atoms with van der Waals surface area (Å²) in [6.07, 6.45) is 2.45. The van der Waals surface area contributed by atoms with Crippen molar-refractivity contribution >= 4 is 23.3 Å². The Kier molecular flexibility index (Phi) is 3.13. The molecule has 1 aromatic carbocycles. The zero-order valence-corrected chi connectivity index (χ0v) is 10.9. The van der Waals surface area contributed by atoms with Gasteiger partial charge < -0.3 is 15.2 Å². The Morgan fingerprint density at radius 3 is 3.21 bits per heavy atom. The second kappa shape index (κ2) is 4.93. The lowest BCUT2D eigenvalue weighted by molar-refractivity contribution is 0.205. The van der Waals surface area contributed by atoms with Crippen LogP contribution in [0.5, 0.6) is 0 Å². The highest BCUT2D eigenvalue weighted by atomic mass is 35.5. The molecule has 0 bridgehead atoms. The minimum atomic E-state index is -0.123. The zero-order valence-electron chi connectivity index (χ0n) is 10.2. The third-order valence-corrected chi connectivity index (χ3v) is 3.37. The topological polar surface area (TPSA) is 61.0 Å². The molecule has 0 saturated heterocycles. The number of fused-ring (bicyclic) bond motifs is 1. The molecule has 2 aromatic rings. The van der Waals surface area contributed by atoms with E-state index < -0.39 is 0 Å². The summed E-state index contributed by atoms with van der Waals surface area (Å²) >= 11 is 5.89. The van der Waals surface area contributed by atoms with Gasteiger partial charge in [0.2, 0.25) is 0 Å². The van der Waals surface area contributed by atoms with Crippen LogP contribution < -0.4 is 5.32 Å². The zero-order chi connectivity index (χ0) is 13.2. The Balaban J connectivity index is 1.69. The van der Waals surface area contributed by atoms with Crippen LogP contribution in [0.25, 0.3) is 0 Å². The first kappa shape index (κ1) is 12.0. The van der Waals surface area contributed by atoms with Crippen molar-refractivity contribution in [3.05, 3.63) is 47.0 Å². The van der Waals surface area contributed by atoms with Crippen LogP contribution in [-0.4, -0.2) is 27.4 Å². The number of rotatable bonds is 1. The van der Waals surface area contributed by atoms with E-state index in [4.69, 9.17) is 11.6 Å². The number of anilines is 1. The van der Waals surface area contributed by atoms with Gasteiger partial charge in [0.05, 0.1) is 24.3 Å². The van der Waals surface area contributed by atoms with Gasteiger partial charge in [0.15, 0.2) is 0 Å². The van der Waals surface area contributed by atoms with Crippen LogP contribution in [0.1, 0.15) is 11.4 Å². The molecule has 0 unspecified atom stereocenters. The van der Waals surface area contributed by atoms with Gasteiger partial charge in [-0.25, -0.2) is 9.78 Å². The smallest absolute Gasteiger partial charge is 0.322 e. The number of urea groups is 1. The van der Waals surface area contributed by atoms with Gasteiger partial charge in [-0.2, -0.15) is 0 Å². The van der Waals surface area contributed by atoms with Gasteiger partial charge in [-0.1, -0.05) is 17.7 Å². The lowest BCUT2D eigenvalue weighted by atomic mass is 10.1. The van der Waals surface area contributed by atoms with E-state index in [1.807, 2.05) is 6.07 Å². The Labute approximate surface area is 115 Å². The molecule has 6 heteroatoms. The van der Waals surface area contributed by atoms with Crippen LogP contribution >= 0.6 is 11.6 Å². The monoisotopic (exact) mass is 276 g/mol. The number of carbonyl (C=O) groups is 1. The first-order valence-corrected chi connectivity index (χ1v) is 6.43. The second-order valence-electron chi connectivity index (χ2n) is 4.44. The number of carbonyl (C=O) groups excluding carboxylic acids is 1. The fraction of sp³-hybridized carbons (Fsp3) is 0.231. The fourth-order valence-electron chi connectivity index (χ4n) is 2.15. The summed E-state index contributed by atoms with van der Waals surface area (Å²) < 4.78 is 0. The van der Waals surface area contributed by atoms with E-state index >= 15 is 0 Å². The third-order valence-electron chi connectivity index (χ3n) is 3.14. The van der Waals surface area contributed by atoms with E-state index in [1.165, 1.54) is 0 Å². The molecule has 0 saturated carbocycles. The predicted octanol–water partition coefficient (Wildman–Crippen LogP) is 2.65. The summed E-state index contributed by atoms with van der Waals surface area (Å²) in [6.45, 7) is 1.23. The van der Waals surface area contributed by atoms with Crippen LogP contribution in [0.4, 0.5) is 10.5 Å². The number of amides is 2. The van der Waals surface area contributed by atoms with E-state index in [9.17, 15) is 4.79 Å². The molecule has 0 spiro atoms. The molecule has 2 N–H and O–H groups in total. The number of H-pyrrole nitrogens is 1. The SMILES string of the molecule is O=C(Nc1cccc(Cl)c1)N1CCc2nc[nH]c2C1. The van der Waals surface area contributed by atoms with Crippen molar-refractivity contribution in [3.8, 4) is 0 Å². The molecule has 98 valence electrons. The Morgan fingerprint density at radius 1 is 1.47 bits per heavy atom. The maximum atomic E-state index is 12.1. The molecule has 2 amide bonds. The van der Waals surface area contributed by atoms with E-state index in [1.54, 1.807) is 29.4 Å². The maximum Gasteiger partial charge on any atom is 0.322 e. The summed E-state index contributed by atoms with van der Waals surface area (Å²) in [5.41, 5.74) is 2.76. The Morgan fingerprint density at radius 2 is 2.37 bits per heavy atom. The van der Waals surface area contributed by atoms with Crippen LogP contribution in [0, 0.1) is 0 Å². The van der Waals surface area contributed by atoms with Gasteiger partial charge in [-0.05, 0) is 18.2 Å². The number of hydrogen-bond donors (Lipinski definition) is 2. The number of aromatic nitrogens is 2. The van der Waals surface area contributed by atoms with E-state index in [0.29, 0.717) is 23.8 Å². The molecule has 1 aromatic heterocycles. The maximum absolute atomic E-state index is 12.1. The van der Waals surface area contributed by atoms with Crippen LogP contribution in [0.3, 0.4) is 0 Å². The summed E-state index contributed by atoms with van der Waals surface area (Å²) in [4.78, 5) is 21.2. The highest BCUT2D eigenvalue weighted by molar-refractivity contribution is 6.30. The average Bonchev–Trinajstić information content (AvgIpc) is 2.85. The molecule has 1 aliphatic heterocycles. The average molecular weight is 277 g/mol. The minimum Gasteiger partial charge on any atom is -0.347 e. The number of nitrogens with one attached hydrogen (secondary N) is 2. The Hall–Kier alpha value is -2.01. The summed E-state index contributed by atoms with van der Waals surface area (Å²) in [5, 5.41) is 3.45. The normalized spacial score (nSPS) is 14.1. The number of imidazole rings is 1. The van der Waals surface area contributed by atoms with Crippen LogP contribution in [-0.2, 0) is 13.0 Å². The van der Waals surface area contributed by atoms with Crippen LogP contribution in [0.2, 0.25) is 5.02 Å². The van der Waals surface area contributed by atoms with Crippen molar-refractivity contribution in [1.29, 1.82) is 0 Å². The van der Waals surface area contributed by atoms with Gasteiger partial charge in [0.1, 0.15) is 0 Å². The van der Waals surface area contributed by atoms with E-state index in [-0.39, 0.29) is 6.03 Å². The molecule has 5 nitrogen and oxygen atoms in total. The number of hydrogen-bond acceptors (Lipinski definition) is 2. The van der Waals surface area contributed by atoms with Gasteiger partial charge >= 0.3 is 6.03 Å². The van der Waals surface area contributed by atoms with E-state index in [2.05, 4.69) is 15.3 Å². The minimum absolute atomic E-state index is 0.123. The highest BCUT2D eigenvalue weighted by Gasteiger charge is 2.22. The number of halogens is 1. The first-order chi connectivity index (χ1) is 9.22. The molecular formula is C13H13ClN4O. The van der Waals surface area contributed by atoms with Gasteiger partial charge in [0, 0.05) is 23.7 Å². The number of aromatic amines is 1. The third kappa shape index (κ3) is 2.56. The second-order valence-corrected chi connectivity index (χ2v) is 4.88. The summed E-state index contributed by atoms with van der Waals surface area (Å²) in [5.74, 6) is 0. The van der Waals surface area contributed by atoms with Crippen molar-refractivity contribution in [2.45, 2.75) is 13.0 Å². The Bertz CT molecular complexity index is 610. The van der Waals surface area contributed by atoms with Gasteiger partial charge in [-0.15, -0.1) is 0 Å². The molecule has 2 heterocycles. The molecule has 0 atom stereocenters. The van der Waals surface area contributed by atoms with Crippen LogP contribution in [0.15, 0.2) is 30.6 Å². The van der Waals surface area contributed by atoms with Crippen molar-refractivity contribution < 1.29 is 4.79 Å². The lowest BCUT2D eigenvalue weighted by Crippen LogP contribution is -2.38. The summed E-state index contributed by atoms with van der Waals surface area (Å²) in [6, 6.07) is 7.00. The predicted molar refractivity (Wildman–Crippen MR) is 73.2 cm³/mol. The molecule has 3 rings (SSSR count). The van der Waals surface area contributed by atoms with Crippen molar-refractivity contribution in [1.82, 2.24) is 14.9 Å².